The predicted molar refractivity (Wildman–Crippen MR) is 90.7 cm³/mol. The van der Waals surface area contributed by atoms with Crippen molar-refractivity contribution in [1.29, 1.82) is 0 Å². The topological polar surface area (TPSA) is 55.0 Å². The van der Waals surface area contributed by atoms with E-state index in [4.69, 9.17) is 5.73 Å². The SMILES string of the molecule is Cl.Nc1nnc(CCN2CC=C(c3ccccc3)CC2)s1. The summed E-state index contributed by atoms with van der Waals surface area (Å²) in [5, 5.41) is 9.50. The van der Waals surface area contributed by atoms with E-state index in [-0.39, 0.29) is 12.4 Å². The van der Waals surface area contributed by atoms with Gasteiger partial charge in [-0.2, -0.15) is 0 Å². The van der Waals surface area contributed by atoms with Gasteiger partial charge < -0.3 is 5.73 Å². The molecule has 1 aromatic carbocycles. The molecule has 0 atom stereocenters. The quantitative estimate of drug-likeness (QED) is 0.940. The molecular formula is C15H19ClN4S. The van der Waals surface area contributed by atoms with Crippen LogP contribution in [0.4, 0.5) is 5.13 Å². The van der Waals surface area contributed by atoms with Crippen molar-refractivity contribution in [2.75, 3.05) is 25.4 Å². The normalized spacial score (nSPS) is 15.3. The van der Waals surface area contributed by atoms with E-state index in [0.717, 1.165) is 37.5 Å². The maximum atomic E-state index is 5.59. The Kier molecular flexibility index (Phi) is 5.73. The lowest BCUT2D eigenvalue weighted by Crippen LogP contribution is -2.30. The van der Waals surface area contributed by atoms with Crippen LogP contribution in [0.1, 0.15) is 17.0 Å². The number of rotatable bonds is 4. The summed E-state index contributed by atoms with van der Waals surface area (Å²) >= 11 is 1.49. The van der Waals surface area contributed by atoms with Crippen LogP contribution < -0.4 is 5.73 Å². The van der Waals surface area contributed by atoms with Gasteiger partial charge in [-0.05, 0) is 17.6 Å². The molecule has 0 bridgehead atoms. The second kappa shape index (κ2) is 7.54. The molecule has 0 saturated heterocycles. The van der Waals surface area contributed by atoms with Crippen LogP contribution in [0.5, 0.6) is 0 Å². The second-order valence-corrected chi connectivity index (χ2v) is 6.02. The van der Waals surface area contributed by atoms with Crippen molar-refractivity contribution in [3.8, 4) is 0 Å². The van der Waals surface area contributed by atoms with Gasteiger partial charge in [-0.3, -0.25) is 4.90 Å². The molecule has 0 spiro atoms. The van der Waals surface area contributed by atoms with Crippen LogP contribution >= 0.6 is 23.7 Å². The van der Waals surface area contributed by atoms with E-state index in [9.17, 15) is 0 Å². The van der Waals surface area contributed by atoms with E-state index in [1.54, 1.807) is 0 Å². The zero-order valence-corrected chi connectivity index (χ0v) is 13.4. The molecule has 0 fully saturated rings. The third-order valence-corrected chi connectivity index (χ3v) is 4.37. The molecule has 0 radical (unpaired) electrons. The van der Waals surface area contributed by atoms with Gasteiger partial charge >= 0.3 is 0 Å². The lowest BCUT2D eigenvalue weighted by atomic mass is 9.99. The highest BCUT2D eigenvalue weighted by molar-refractivity contribution is 7.15. The van der Waals surface area contributed by atoms with Crippen LogP contribution in [0, 0.1) is 0 Å². The fourth-order valence-corrected chi connectivity index (χ4v) is 3.05. The van der Waals surface area contributed by atoms with Gasteiger partial charge in [0.15, 0.2) is 0 Å². The summed E-state index contributed by atoms with van der Waals surface area (Å²) in [6, 6.07) is 10.6. The van der Waals surface area contributed by atoms with Gasteiger partial charge in [-0.1, -0.05) is 47.7 Å². The fraction of sp³-hybridized carbons (Fsp3) is 0.333. The number of halogens is 1. The maximum Gasteiger partial charge on any atom is 0.203 e. The van der Waals surface area contributed by atoms with Crippen molar-refractivity contribution in [2.24, 2.45) is 0 Å². The minimum Gasteiger partial charge on any atom is -0.374 e. The predicted octanol–water partition coefficient (Wildman–Crippen LogP) is 2.87. The number of anilines is 1. The van der Waals surface area contributed by atoms with E-state index in [0.29, 0.717) is 5.13 Å². The molecule has 2 N–H and O–H groups in total. The van der Waals surface area contributed by atoms with Crippen LogP contribution in [-0.4, -0.2) is 34.7 Å². The van der Waals surface area contributed by atoms with E-state index < -0.39 is 0 Å². The van der Waals surface area contributed by atoms with Gasteiger partial charge in [0, 0.05) is 26.1 Å². The minimum absolute atomic E-state index is 0. The van der Waals surface area contributed by atoms with Gasteiger partial charge in [0.25, 0.3) is 0 Å². The molecule has 0 saturated carbocycles. The third kappa shape index (κ3) is 4.27. The summed E-state index contributed by atoms with van der Waals surface area (Å²) in [6.07, 6.45) is 4.39. The Hall–Kier alpha value is -1.43. The third-order valence-electron chi connectivity index (χ3n) is 3.56. The number of nitrogen functional groups attached to an aromatic ring is 1. The molecule has 4 nitrogen and oxygen atoms in total. The molecule has 3 rings (SSSR count). The molecule has 0 amide bonds. The molecule has 0 unspecified atom stereocenters. The second-order valence-electron chi connectivity index (χ2n) is 4.93. The Morgan fingerprint density at radius 3 is 2.62 bits per heavy atom. The van der Waals surface area contributed by atoms with Crippen LogP contribution in [0.25, 0.3) is 5.57 Å². The lowest BCUT2D eigenvalue weighted by molar-refractivity contribution is 0.305. The number of hydrogen-bond donors (Lipinski definition) is 1. The number of hydrogen-bond acceptors (Lipinski definition) is 5. The van der Waals surface area contributed by atoms with E-state index >= 15 is 0 Å². The average Bonchev–Trinajstić information content (AvgIpc) is 2.92. The van der Waals surface area contributed by atoms with E-state index in [2.05, 4.69) is 51.5 Å². The zero-order chi connectivity index (χ0) is 13.8. The molecular weight excluding hydrogens is 304 g/mol. The lowest BCUT2D eigenvalue weighted by Gasteiger charge is -2.26. The first kappa shape index (κ1) is 15.9. The molecule has 1 aliphatic heterocycles. The summed E-state index contributed by atoms with van der Waals surface area (Å²) in [4.78, 5) is 2.45. The van der Waals surface area contributed by atoms with Crippen molar-refractivity contribution >= 4 is 34.4 Å². The highest BCUT2D eigenvalue weighted by Crippen LogP contribution is 2.22. The van der Waals surface area contributed by atoms with Crippen molar-refractivity contribution in [2.45, 2.75) is 12.8 Å². The van der Waals surface area contributed by atoms with E-state index in [1.165, 1.54) is 22.5 Å². The first-order chi connectivity index (χ1) is 9.81. The van der Waals surface area contributed by atoms with Crippen molar-refractivity contribution < 1.29 is 0 Å². The van der Waals surface area contributed by atoms with Gasteiger partial charge in [-0.15, -0.1) is 22.6 Å². The fourth-order valence-electron chi connectivity index (χ4n) is 2.45. The summed E-state index contributed by atoms with van der Waals surface area (Å²) in [6.45, 7) is 3.14. The Morgan fingerprint density at radius 1 is 1.19 bits per heavy atom. The molecule has 1 aromatic heterocycles. The van der Waals surface area contributed by atoms with Crippen molar-refractivity contribution in [3.63, 3.8) is 0 Å². The standard InChI is InChI=1S/C15H18N4S.ClH/c16-15-18-17-14(20-15)8-11-19-9-6-13(7-10-19)12-4-2-1-3-5-12;/h1-6H,7-11H2,(H2,16,18);1H. The number of benzene rings is 1. The maximum absolute atomic E-state index is 5.59. The smallest absolute Gasteiger partial charge is 0.203 e. The van der Waals surface area contributed by atoms with Crippen molar-refractivity contribution in [1.82, 2.24) is 15.1 Å². The van der Waals surface area contributed by atoms with Crippen LogP contribution in [0.2, 0.25) is 0 Å². The van der Waals surface area contributed by atoms with Gasteiger partial charge in [-0.25, -0.2) is 0 Å². The van der Waals surface area contributed by atoms with Crippen LogP contribution in [-0.2, 0) is 6.42 Å². The summed E-state index contributed by atoms with van der Waals surface area (Å²) in [5.74, 6) is 0. The van der Waals surface area contributed by atoms with Gasteiger partial charge in [0.2, 0.25) is 5.13 Å². The molecule has 21 heavy (non-hydrogen) atoms. The number of nitrogens with zero attached hydrogens (tertiary/aromatic N) is 3. The largest absolute Gasteiger partial charge is 0.374 e. The summed E-state index contributed by atoms with van der Waals surface area (Å²) in [5.41, 5.74) is 8.40. The molecule has 2 aromatic rings. The summed E-state index contributed by atoms with van der Waals surface area (Å²) < 4.78 is 0. The van der Waals surface area contributed by atoms with Crippen LogP contribution in [0.3, 0.4) is 0 Å². The number of nitrogens with two attached hydrogens (primary N) is 1. The molecule has 2 heterocycles. The zero-order valence-electron chi connectivity index (χ0n) is 11.7. The van der Waals surface area contributed by atoms with Gasteiger partial charge in [0.05, 0.1) is 0 Å². The summed E-state index contributed by atoms with van der Waals surface area (Å²) in [7, 11) is 0. The Labute approximate surface area is 135 Å². The Bertz CT molecular complexity index is 597. The molecule has 0 aliphatic carbocycles. The van der Waals surface area contributed by atoms with Crippen molar-refractivity contribution in [3.05, 3.63) is 47.0 Å². The average molecular weight is 323 g/mol. The Morgan fingerprint density at radius 2 is 2.00 bits per heavy atom. The first-order valence-corrected chi connectivity index (χ1v) is 7.67. The Balaban J connectivity index is 0.00000161. The van der Waals surface area contributed by atoms with E-state index in [1.807, 2.05) is 0 Å². The van der Waals surface area contributed by atoms with Gasteiger partial charge in [0.1, 0.15) is 5.01 Å². The highest BCUT2D eigenvalue weighted by atomic mass is 35.5. The number of aromatic nitrogens is 2. The molecule has 1 aliphatic rings. The first-order valence-electron chi connectivity index (χ1n) is 6.86. The monoisotopic (exact) mass is 322 g/mol. The molecule has 112 valence electrons. The minimum atomic E-state index is 0. The highest BCUT2D eigenvalue weighted by Gasteiger charge is 2.13. The van der Waals surface area contributed by atoms with Crippen LogP contribution in [0.15, 0.2) is 36.4 Å². The molecule has 6 heteroatoms.